The van der Waals surface area contributed by atoms with Crippen molar-refractivity contribution in [1.29, 1.82) is 0 Å². The molecule has 3 aromatic rings. The van der Waals surface area contributed by atoms with E-state index in [4.69, 9.17) is 43.6 Å². The molecule has 638 valence electrons. The van der Waals surface area contributed by atoms with Crippen LogP contribution in [0, 0.1) is 52.3 Å². The van der Waals surface area contributed by atoms with Crippen molar-refractivity contribution >= 4 is 95.4 Å². The van der Waals surface area contributed by atoms with Crippen LogP contribution in [0.2, 0.25) is 0 Å². The number of carboxylic acid groups (broad SMARTS) is 1. The highest BCUT2D eigenvalue weighted by molar-refractivity contribution is 7.59. The standard InChI is InChI=1S/C86H110F2N6O22.H2S/c1-6-13-77-115-74-48-66-67-47-69(87)68-46-63(96)30-33-83(68,4)85(67,88)72(100)49-84(66,5)86(74,116-77)73(101)53-113-37-32-65(98)50-91-82(108)114-52-55-20-25-61(26-21-55)92-79(105)58(17-11-34-90-81(89)107)45-71(99)78(54(2)3)93-80(106)59(24-29-76(103)104)44-64(97)31-36-110-39-41-112-43-42-111-40-38-109-35-12-18-62(95)27-28-75(102)94-51-60-16-8-7-14-56(60)22-23-57-15-9-10-19-70(57)94;/h7-10,14-16,19-21,25-26,30,33,46,54,58-59,66-67,69,72,74,77-78,100H,6,11-13,17-18,24,27-29,31-32,34-45,47-53H2,1-5H3,(H,91,108)(H,92,105)(H,93,106)(H,103,104)(H3,89,90,107);1H2/t58-,59-,66+,67+,69+,72+,74-,77?,78+,83+,84+,85+,86-;/m1./s1. The van der Waals surface area contributed by atoms with Crippen molar-refractivity contribution in [2.45, 2.75) is 199 Å². The summed E-state index contributed by atoms with van der Waals surface area (Å²) in [5, 5.41) is 31.8. The first-order valence-corrected chi connectivity index (χ1v) is 40.2. The number of ether oxygens (including phenoxy) is 8. The first kappa shape index (κ1) is 93.5. The Bertz CT molecular complexity index is 4150. The number of nitrogens with two attached hydrogens (primary N) is 1. The van der Waals surface area contributed by atoms with E-state index in [1.165, 1.54) is 31.2 Å². The number of primary amides is 1. The molecule has 0 aromatic heterocycles. The van der Waals surface area contributed by atoms with Gasteiger partial charge in [0, 0.05) is 110 Å². The first-order valence-electron chi connectivity index (χ1n) is 40.2. The summed E-state index contributed by atoms with van der Waals surface area (Å²) in [4.78, 5) is 159. The number of carbonyl (C=O) groups excluding carboxylic acids is 11. The number of anilines is 2. The molecular formula is C86H112F2N6O22S. The number of hydrogen-bond acceptors (Lipinski definition) is 21. The summed E-state index contributed by atoms with van der Waals surface area (Å²) in [5.74, 6) is -3.04. The van der Waals surface area contributed by atoms with Crippen molar-refractivity contribution in [2.24, 2.45) is 46.2 Å². The lowest BCUT2D eigenvalue weighted by atomic mass is 9.44. The van der Waals surface area contributed by atoms with Gasteiger partial charge in [0.2, 0.25) is 17.7 Å². The van der Waals surface area contributed by atoms with Crippen LogP contribution in [-0.2, 0) is 99.0 Å². The van der Waals surface area contributed by atoms with E-state index in [2.05, 4.69) is 33.1 Å². The van der Waals surface area contributed by atoms with Gasteiger partial charge in [0.15, 0.2) is 40.7 Å². The molecule has 28 nitrogen and oxygen atoms in total. The number of carboxylic acids is 1. The van der Waals surface area contributed by atoms with E-state index in [1.54, 1.807) is 37.8 Å². The number of urea groups is 1. The summed E-state index contributed by atoms with van der Waals surface area (Å²) in [6.07, 6.45) is -1.97. The second-order valence-corrected chi connectivity index (χ2v) is 31.3. The number of aliphatic carboxylic acids is 1. The van der Waals surface area contributed by atoms with Crippen molar-refractivity contribution < 1.29 is 114 Å². The number of amides is 6. The smallest absolute Gasteiger partial charge is 0.407 e. The molecule has 4 aliphatic carbocycles. The number of allylic oxidation sites excluding steroid dienone is 4. The Morgan fingerprint density at radius 1 is 0.718 bits per heavy atom. The van der Waals surface area contributed by atoms with Crippen LogP contribution in [0.15, 0.2) is 96.6 Å². The van der Waals surface area contributed by atoms with E-state index in [1.807, 2.05) is 55.5 Å². The van der Waals surface area contributed by atoms with Crippen LogP contribution in [-0.4, -0.2) is 202 Å². The molecule has 13 atom stereocenters. The van der Waals surface area contributed by atoms with Gasteiger partial charge in [-0.25, -0.2) is 18.4 Å². The number of benzene rings is 3. The Hall–Kier alpha value is -8.97. The van der Waals surface area contributed by atoms with Gasteiger partial charge in [-0.05, 0) is 129 Å². The van der Waals surface area contributed by atoms with Crippen molar-refractivity contribution in [1.82, 2.24) is 16.0 Å². The second kappa shape index (κ2) is 44.2. The zero-order chi connectivity index (χ0) is 83.7. The number of Topliss-reactive ketones (excluding diaryl/α,β-unsaturated/α-hetero) is 5. The van der Waals surface area contributed by atoms with Crippen LogP contribution in [0.5, 0.6) is 0 Å². The maximum atomic E-state index is 17.9. The second-order valence-electron chi connectivity index (χ2n) is 31.3. The molecule has 0 bridgehead atoms. The molecule has 2 aliphatic heterocycles. The van der Waals surface area contributed by atoms with Crippen molar-refractivity contribution in [3.63, 3.8) is 0 Å². The normalized spacial score (nSPS) is 23.9. The van der Waals surface area contributed by atoms with E-state index in [-0.39, 0.29) is 173 Å². The highest BCUT2D eigenvalue weighted by Gasteiger charge is 2.80. The van der Waals surface area contributed by atoms with Crippen molar-refractivity contribution in [2.75, 3.05) is 89.4 Å². The fourth-order valence-electron chi connectivity index (χ4n) is 16.9. The number of rotatable bonds is 48. The number of halogens is 2. The molecule has 6 aliphatic rings. The lowest BCUT2D eigenvalue weighted by molar-refractivity contribution is -0.235. The maximum Gasteiger partial charge on any atom is 0.407 e. The Labute approximate surface area is 687 Å². The molecule has 3 saturated carbocycles. The van der Waals surface area contributed by atoms with Crippen molar-refractivity contribution in [3.8, 4) is 11.8 Å². The number of carbonyl (C=O) groups is 12. The molecule has 8 N–H and O–H groups in total. The van der Waals surface area contributed by atoms with Gasteiger partial charge in [-0.2, -0.15) is 13.5 Å². The Morgan fingerprint density at radius 3 is 2.06 bits per heavy atom. The minimum absolute atomic E-state index is 0. The number of fused-ring (bicyclic) bond motifs is 9. The van der Waals surface area contributed by atoms with Gasteiger partial charge in [0.05, 0.1) is 89.9 Å². The third-order valence-corrected chi connectivity index (χ3v) is 23.0. The third kappa shape index (κ3) is 24.2. The zero-order valence-corrected chi connectivity index (χ0v) is 68.2. The summed E-state index contributed by atoms with van der Waals surface area (Å²) >= 11 is 0. The highest BCUT2D eigenvalue weighted by atomic mass is 32.1. The highest BCUT2D eigenvalue weighted by Crippen LogP contribution is 2.72. The van der Waals surface area contributed by atoms with E-state index in [0.29, 0.717) is 56.9 Å². The SMILES string of the molecule is CCCC1O[C@@H]2C[C@H]3[C@@H]4C[C@H](F)C5=CC(=O)C=C[C@]5(C)[C@@]4(F)[C@@H](O)C[C@]3(C)[C@]2(C(=O)COCCC(=O)CNC(=O)OCc2ccc(NC(=O)[C@H](CCCNC(N)=O)CC(=O)[C@@H](NC(=O)[C@H](CCC(=O)O)CC(=O)CCOCCOCCOCCOCCCC(=O)CCC(=O)N3Cc4ccccc4C#Cc4ccccc43)C(C)C)cc2)O1.S. The van der Waals surface area contributed by atoms with E-state index < -0.39 is 155 Å². The molecule has 3 aromatic carbocycles. The summed E-state index contributed by atoms with van der Waals surface area (Å²) in [6.45, 7) is 9.31. The van der Waals surface area contributed by atoms with Crippen LogP contribution in [0.1, 0.15) is 166 Å². The third-order valence-electron chi connectivity index (χ3n) is 23.0. The quantitative estimate of drug-likeness (QED) is 0.0205. The number of nitrogens with zero attached hydrogens (tertiary/aromatic N) is 1. The molecule has 4 fully saturated rings. The minimum atomic E-state index is -2.38. The predicted octanol–water partition coefficient (Wildman–Crippen LogP) is 8.86. The Morgan fingerprint density at radius 2 is 1.37 bits per heavy atom. The largest absolute Gasteiger partial charge is 0.481 e. The number of para-hydroxylation sites is 1. The zero-order valence-electron chi connectivity index (χ0n) is 67.2. The Balaban J connectivity index is 0.0000171. The van der Waals surface area contributed by atoms with Gasteiger partial charge in [0.1, 0.15) is 31.0 Å². The maximum absolute atomic E-state index is 17.9. The van der Waals surface area contributed by atoms with Crippen LogP contribution < -0.4 is 31.9 Å². The summed E-state index contributed by atoms with van der Waals surface area (Å²) in [7, 11) is 0. The molecule has 1 saturated heterocycles. The molecule has 6 amide bonds. The molecule has 1 unspecified atom stereocenters. The molecule has 0 radical (unpaired) electrons. The van der Waals surface area contributed by atoms with Gasteiger partial charge < -0.3 is 80.0 Å². The van der Waals surface area contributed by atoms with Gasteiger partial charge in [-0.1, -0.05) is 94.5 Å². The summed E-state index contributed by atoms with van der Waals surface area (Å²) in [6, 6.07) is 19.4. The summed E-state index contributed by atoms with van der Waals surface area (Å²) < 4.78 is 80.5. The predicted molar refractivity (Wildman–Crippen MR) is 429 cm³/mol. The molecule has 2 heterocycles. The van der Waals surface area contributed by atoms with Crippen molar-refractivity contribution in [3.05, 3.63) is 119 Å². The lowest BCUT2D eigenvalue weighted by Gasteiger charge is -2.63. The number of nitrogens with one attached hydrogen (secondary N) is 4. The van der Waals surface area contributed by atoms with Crippen LogP contribution in [0.25, 0.3) is 0 Å². The summed E-state index contributed by atoms with van der Waals surface area (Å²) in [5.41, 5.74) is 2.36. The number of aliphatic hydroxyl groups is 1. The monoisotopic (exact) mass is 1650 g/mol. The van der Waals surface area contributed by atoms with Crippen LogP contribution >= 0.6 is 13.5 Å². The number of alkyl halides is 2. The van der Waals surface area contributed by atoms with Crippen LogP contribution in [0.3, 0.4) is 0 Å². The number of ketones is 6. The van der Waals surface area contributed by atoms with Crippen LogP contribution in [0.4, 0.5) is 29.7 Å². The first-order chi connectivity index (χ1) is 55.5. The van der Waals surface area contributed by atoms with Gasteiger partial charge in [-0.15, -0.1) is 0 Å². The number of hydrogen-bond donors (Lipinski definition) is 7. The van der Waals surface area contributed by atoms with E-state index in [0.717, 1.165) is 28.5 Å². The average molecular weight is 1650 g/mol. The Kier molecular flexibility index (Phi) is 35.3. The lowest BCUT2D eigenvalue weighted by Crippen LogP contribution is -2.71. The average Bonchev–Trinajstić information content (AvgIpc) is 1.55. The molecule has 31 heteroatoms. The topological polar surface area (TPSA) is 397 Å². The molecular weight excluding hydrogens is 1540 g/mol. The number of aliphatic hydroxyl groups excluding tert-OH is 1. The fraction of sp³-hybridized carbons (Fsp3) is 0.581. The van der Waals surface area contributed by atoms with E-state index >= 15 is 8.78 Å². The van der Waals surface area contributed by atoms with E-state index in [9.17, 15) is 67.7 Å². The molecule has 0 spiro atoms. The van der Waals surface area contributed by atoms with Gasteiger partial charge in [0.25, 0.3) is 0 Å². The molecule has 9 rings (SSSR count). The fourth-order valence-corrected chi connectivity index (χ4v) is 16.9. The molecule has 117 heavy (non-hydrogen) atoms. The minimum Gasteiger partial charge on any atom is -0.481 e. The van der Waals surface area contributed by atoms with Gasteiger partial charge >= 0.3 is 18.1 Å². The van der Waals surface area contributed by atoms with Gasteiger partial charge in [-0.3, -0.25) is 47.9 Å². The number of alkyl carbamates (subject to hydrolysis) is 1.